The van der Waals surface area contributed by atoms with Crippen molar-refractivity contribution >= 4 is 5.96 Å². The van der Waals surface area contributed by atoms with Crippen LogP contribution in [-0.2, 0) is 4.74 Å². The maximum absolute atomic E-state index is 5.69. The van der Waals surface area contributed by atoms with E-state index >= 15 is 0 Å². The van der Waals surface area contributed by atoms with E-state index in [0.29, 0.717) is 12.0 Å². The quantitative estimate of drug-likeness (QED) is 0.393. The first kappa shape index (κ1) is 18.6. The van der Waals surface area contributed by atoms with Gasteiger partial charge < -0.3 is 20.1 Å². The SMILES string of the molecule is CN=C(NCCCOc1ccccc1)NCC1(CCOC)CCC1. The Labute approximate surface area is 145 Å². The second kappa shape index (κ2) is 10.2. The number of hydrogen-bond donors (Lipinski definition) is 2. The van der Waals surface area contributed by atoms with Crippen LogP contribution in [0.25, 0.3) is 0 Å². The molecule has 2 N–H and O–H groups in total. The van der Waals surface area contributed by atoms with Gasteiger partial charge in [0.05, 0.1) is 6.61 Å². The number of aliphatic imine (C=N–C) groups is 1. The fourth-order valence-electron chi connectivity index (χ4n) is 2.99. The van der Waals surface area contributed by atoms with Crippen molar-refractivity contribution in [2.24, 2.45) is 10.4 Å². The molecule has 0 amide bonds. The van der Waals surface area contributed by atoms with E-state index in [9.17, 15) is 0 Å². The van der Waals surface area contributed by atoms with Crippen LogP contribution in [0.2, 0.25) is 0 Å². The molecule has 5 nitrogen and oxygen atoms in total. The van der Waals surface area contributed by atoms with Crippen LogP contribution < -0.4 is 15.4 Å². The second-order valence-electron chi connectivity index (χ2n) is 6.46. The molecule has 0 aromatic heterocycles. The van der Waals surface area contributed by atoms with Gasteiger partial charge in [0.25, 0.3) is 0 Å². The van der Waals surface area contributed by atoms with Crippen LogP contribution in [0.1, 0.15) is 32.1 Å². The van der Waals surface area contributed by atoms with Crippen molar-refractivity contribution in [2.45, 2.75) is 32.1 Å². The summed E-state index contributed by atoms with van der Waals surface area (Å²) >= 11 is 0. The van der Waals surface area contributed by atoms with Crippen molar-refractivity contribution in [3.8, 4) is 5.75 Å². The lowest BCUT2D eigenvalue weighted by Crippen LogP contribution is -2.47. The highest BCUT2D eigenvalue weighted by Gasteiger charge is 2.36. The average molecular weight is 333 g/mol. The van der Waals surface area contributed by atoms with E-state index in [4.69, 9.17) is 9.47 Å². The Morgan fingerprint density at radius 1 is 1.17 bits per heavy atom. The standard InChI is InChI=1S/C19H31N3O2/c1-20-18(22-16-19(10-6-11-19)12-15-23-2)21-13-7-14-24-17-8-4-3-5-9-17/h3-5,8-9H,6-7,10-16H2,1-2H3,(H2,20,21,22). The average Bonchev–Trinajstić information content (AvgIpc) is 2.59. The van der Waals surface area contributed by atoms with Gasteiger partial charge in [0.2, 0.25) is 0 Å². The van der Waals surface area contributed by atoms with Gasteiger partial charge in [0.1, 0.15) is 5.75 Å². The Morgan fingerprint density at radius 3 is 2.58 bits per heavy atom. The van der Waals surface area contributed by atoms with Crippen molar-refractivity contribution in [3.05, 3.63) is 30.3 Å². The van der Waals surface area contributed by atoms with E-state index in [1.807, 2.05) is 37.4 Å². The summed E-state index contributed by atoms with van der Waals surface area (Å²) in [4.78, 5) is 4.31. The van der Waals surface area contributed by atoms with Gasteiger partial charge in [-0.3, -0.25) is 4.99 Å². The number of hydrogen-bond acceptors (Lipinski definition) is 3. The predicted octanol–water partition coefficient (Wildman–Crippen LogP) is 2.83. The van der Waals surface area contributed by atoms with E-state index in [0.717, 1.165) is 44.2 Å². The fourth-order valence-corrected chi connectivity index (χ4v) is 2.99. The Morgan fingerprint density at radius 2 is 1.96 bits per heavy atom. The minimum atomic E-state index is 0.393. The molecule has 0 atom stereocenters. The largest absolute Gasteiger partial charge is 0.494 e. The van der Waals surface area contributed by atoms with Crippen LogP contribution in [0.5, 0.6) is 5.75 Å². The summed E-state index contributed by atoms with van der Waals surface area (Å²) in [6.45, 7) is 3.35. The zero-order chi connectivity index (χ0) is 17.1. The molecule has 5 heteroatoms. The summed E-state index contributed by atoms with van der Waals surface area (Å²) in [6, 6.07) is 9.92. The maximum atomic E-state index is 5.69. The summed E-state index contributed by atoms with van der Waals surface area (Å²) in [5.74, 6) is 1.79. The lowest BCUT2D eigenvalue weighted by atomic mass is 9.67. The molecule has 1 aromatic carbocycles. The van der Waals surface area contributed by atoms with Gasteiger partial charge in [-0.15, -0.1) is 0 Å². The zero-order valence-electron chi connectivity index (χ0n) is 15.0. The summed E-state index contributed by atoms with van der Waals surface area (Å²) in [7, 11) is 3.59. The molecule has 2 rings (SSSR count). The lowest BCUT2D eigenvalue weighted by molar-refractivity contribution is 0.0732. The number of para-hydroxylation sites is 1. The predicted molar refractivity (Wildman–Crippen MR) is 98.7 cm³/mol. The van der Waals surface area contributed by atoms with E-state index in [1.54, 1.807) is 7.11 Å². The van der Waals surface area contributed by atoms with E-state index in [1.165, 1.54) is 19.3 Å². The second-order valence-corrected chi connectivity index (χ2v) is 6.46. The van der Waals surface area contributed by atoms with Gasteiger partial charge in [-0.05, 0) is 43.2 Å². The van der Waals surface area contributed by atoms with Crippen LogP contribution in [0, 0.1) is 5.41 Å². The van der Waals surface area contributed by atoms with Gasteiger partial charge in [0, 0.05) is 33.9 Å². The molecular weight excluding hydrogens is 302 g/mol. The Kier molecular flexibility index (Phi) is 7.89. The van der Waals surface area contributed by atoms with Crippen LogP contribution in [0.3, 0.4) is 0 Å². The Balaban J connectivity index is 1.60. The highest BCUT2D eigenvalue weighted by Crippen LogP contribution is 2.43. The van der Waals surface area contributed by atoms with Gasteiger partial charge in [0.15, 0.2) is 5.96 Å². The number of rotatable bonds is 10. The number of methoxy groups -OCH3 is 1. The monoisotopic (exact) mass is 333 g/mol. The molecule has 134 valence electrons. The molecule has 0 unspecified atom stereocenters. The molecule has 0 heterocycles. The first-order chi connectivity index (χ1) is 11.8. The molecule has 1 aliphatic rings. The molecule has 1 aromatic rings. The minimum absolute atomic E-state index is 0.393. The van der Waals surface area contributed by atoms with Crippen molar-refractivity contribution in [1.29, 1.82) is 0 Å². The van der Waals surface area contributed by atoms with Crippen molar-refractivity contribution in [1.82, 2.24) is 10.6 Å². The van der Waals surface area contributed by atoms with E-state index in [-0.39, 0.29) is 0 Å². The summed E-state index contributed by atoms with van der Waals surface area (Å²) in [5.41, 5.74) is 0.393. The lowest BCUT2D eigenvalue weighted by Gasteiger charge is -2.42. The molecule has 1 saturated carbocycles. The topological polar surface area (TPSA) is 54.9 Å². The first-order valence-corrected chi connectivity index (χ1v) is 8.89. The molecule has 0 radical (unpaired) electrons. The third-order valence-corrected chi connectivity index (χ3v) is 4.73. The molecule has 1 aliphatic carbocycles. The Bertz CT molecular complexity index is 487. The van der Waals surface area contributed by atoms with Crippen LogP contribution in [0.4, 0.5) is 0 Å². The van der Waals surface area contributed by atoms with Crippen LogP contribution >= 0.6 is 0 Å². The molecule has 1 fully saturated rings. The number of ether oxygens (including phenoxy) is 2. The van der Waals surface area contributed by atoms with Crippen LogP contribution in [0.15, 0.2) is 35.3 Å². The van der Waals surface area contributed by atoms with E-state index < -0.39 is 0 Å². The fraction of sp³-hybridized carbons (Fsp3) is 0.632. The highest BCUT2D eigenvalue weighted by molar-refractivity contribution is 5.79. The first-order valence-electron chi connectivity index (χ1n) is 8.89. The smallest absolute Gasteiger partial charge is 0.190 e. The van der Waals surface area contributed by atoms with Gasteiger partial charge in [-0.25, -0.2) is 0 Å². The number of nitrogens with zero attached hydrogens (tertiary/aromatic N) is 1. The summed E-state index contributed by atoms with van der Waals surface area (Å²) < 4.78 is 10.9. The molecule has 0 saturated heterocycles. The highest BCUT2D eigenvalue weighted by atomic mass is 16.5. The molecular formula is C19H31N3O2. The van der Waals surface area contributed by atoms with Gasteiger partial charge in [-0.1, -0.05) is 24.6 Å². The van der Waals surface area contributed by atoms with Gasteiger partial charge in [-0.2, -0.15) is 0 Å². The van der Waals surface area contributed by atoms with Crippen molar-refractivity contribution in [3.63, 3.8) is 0 Å². The zero-order valence-corrected chi connectivity index (χ0v) is 15.0. The third-order valence-electron chi connectivity index (χ3n) is 4.73. The number of guanidine groups is 1. The Hall–Kier alpha value is -1.75. The van der Waals surface area contributed by atoms with E-state index in [2.05, 4.69) is 15.6 Å². The normalized spacial score (nSPS) is 16.3. The van der Waals surface area contributed by atoms with Crippen molar-refractivity contribution in [2.75, 3.05) is 40.5 Å². The van der Waals surface area contributed by atoms with Crippen LogP contribution in [-0.4, -0.2) is 46.4 Å². The minimum Gasteiger partial charge on any atom is -0.494 e. The van der Waals surface area contributed by atoms with Crippen molar-refractivity contribution < 1.29 is 9.47 Å². The summed E-state index contributed by atoms with van der Waals surface area (Å²) in [5, 5.41) is 6.83. The molecule has 0 aliphatic heterocycles. The van der Waals surface area contributed by atoms with Gasteiger partial charge >= 0.3 is 0 Å². The summed E-state index contributed by atoms with van der Waals surface area (Å²) in [6.07, 6.45) is 5.95. The number of nitrogens with one attached hydrogen (secondary N) is 2. The third kappa shape index (κ3) is 6.04. The number of benzene rings is 1. The molecule has 0 bridgehead atoms. The maximum Gasteiger partial charge on any atom is 0.190 e. The molecule has 24 heavy (non-hydrogen) atoms. The molecule has 0 spiro atoms.